The average molecular weight is 250 g/mol. The summed E-state index contributed by atoms with van der Waals surface area (Å²) in [5.74, 6) is 1.78. The predicted octanol–water partition coefficient (Wildman–Crippen LogP) is 2.29. The molecule has 3 rings (SSSR count). The van der Waals surface area contributed by atoms with Gasteiger partial charge >= 0.3 is 0 Å². The molecule has 0 bridgehead atoms. The van der Waals surface area contributed by atoms with Crippen LogP contribution in [0.3, 0.4) is 0 Å². The van der Waals surface area contributed by atoms with Crippen LogP contribution in [-0.4, -0.2) is 28.9 Å². The highest BCUT2D eigenvalue weighted by molar-refractivity contribution is 5.87. The quantitative estimate of drug-likeness (QED) is 0.776. The summed E-state index contributed by atoms with van der Waals surface area (Å²) in [5.41, 5.74) is 5.75. The van der Waals surface area contributed by atoms with Gasteiger partial charge in [-0.15, -0.1) is 0 Å². The van der Waals surface area contributed by atoms with Gasteiger partial charge in [0.05, 0.1) is 5.54 Å². The van der Waals surface area contributed by atoms with Crippen LogP contribution in [0.5, 0.6) is 0 Å². The number of likely N-dealkylation sites (tertiary alicyclic amines) is 1. The summed E-state index contributed by atoms with van der Waals surface area (Å²) in [6, 6.07) is 0.496. The third-order valence-electron chi connectivity index (χ3n) is 5.67. The number of carbonyl (C=O) groups is 1. The first-order valence-corrected chi connectivity index (χ1v) is 7.72. The molecule has 1 saturated heterocycles. The number of nitrogens with zero attached hydrogens (tertiary/aromatic N) is 1. The van der Waals surface area contributed by atoms with Gasteiger partial charge in [0.2, 0.25) is 5.91 Å². The zero-order valence-electron chi connectivity index (χ0n) is 11.5. The number of piperidine rings is 1. The summed E-state index contributed by atoms with van der Waals surface area (Å²) in [6.45, 7) is 3.31. The van der Waals surface area contributed by atoms with Gasteiger partial charge in [-0.2, -0.15) is 0 Å². The second-order valence-electron chi connectivity index (χ2n) is 6.79. The van der Waals surface area contributed by atoms with Gasteiger partial charge in [0.1, 0.15) is 0 Å². The van der Waals surface area contributed by atoms with Crippen LogP contribution in [-0.2, 0) is 4.79 Å². The van der Waals surface area contributed by atoms with E-state index in [0.717, 1.165) is 37.6 Å². The Labute approximate surface area is 110 Å². The maximum Gasteiger partial charge on any atom is 0.242 e. The topological polar surface area (TPSA) is 46.3 Å². The Kier molecular flexibility index (Phi) is 3.13. The van der Waals surface area contributed by atoms with Gasteiger partial charge < -0.3 is 10.6 Å². The zero-order chi connectivity index (χ0) is 12.8. The van der Waals surface area contributed by atoms with E-state index in [1.165, 1.54) is 32.1 Å². The molecule has 3 nitrogen and oxygen atoms in total. The third-order valence-corrected chi connectivity index (χ3v) is 5.67. The van der Waals surface area contributed by atoms with Crippen molar-refractivity contribution in [3.8, 4) is 0 Å². The molecule has 0 aromatic rings. The van der Waals surface area contributed by atoms with E-state index >= 15 is 0 Å². The number of hydrogen-bond acceptors (Lipinski definition) is 2. The van der Waals surface area contributed by atoms with Gasteiger partial charge in [0, 0.05) is 12.6 Å². The molecule has 1 heterocycles. The Morgan fingerprint density at radius 1 is 1.17 bits per heavy atom. The minimum Gasteiger partial charge on any atom is -0.338 e. The molecule has 3 unspecified atom stereocenters. The van der Waals surface area contributed by atoms with Crippen molar-refractivity contribution in [2.45, 2.75) is 69.9 Å². The molecule has 0 aromatic carbocycles. The van der Waals surface area contributed by atoms with E-state index in [1.54, 1.807) is 0 Å². The molecular formula is C15H26N2O. The summed E-state index contributed by atoms with van der Waals surface area (Å²) in [4.78, 5) is 14.8. The van der Waals surface area contributed by atoms with Crippen molar-refractivity contribution in [1.82, 2.24) is 4.90 Å². The molecule has 1 aliphatic heterocycles. The smallest absolute Gasteiger partial charge is 0.242 e. The van der Waals surface area contributed by atoms with Crippen LogP contribution in [0.4, 0.5) is 0 Å². The van der Waals surface area contributed by atoms with Crippen LogP contribution >= 0.6 is 0 Å². The second-order valence-corrected chi connectivity index (χ2v) is 6.79. The van der Waals surface area contributed by atoms with E-state index < -0.39 is 5.54 Å². The van der Waals surface area contributed by atoms with Crippen LogP contribution in [0.25, 0.3) is 0 Å². The average Bonchev–Trinajstić information content (AvgIpc) is 2.36. The van der Waals surface area contributed by atoms with Gasteiger partial charge in [0.15, 0.2) is 0 Å². The summed E-state index contributed by atoms with van der Waals surface area (Å²) < 4.78 is 0. The van der Waals surface area contributed by atoms with Gasteiger partial charge in [-0.3, -0.25) is 4.79 Å². The minimum atomic E-state index is -0.497. The van der Waals surface area contributed by atoms with Crippen molar-refractivity contribution < 1.29 is 4.79 Å². The van der Waals surface area contributed by atoms with Crippen molar-refractivity contribution in [3.63, 3.8) is 0 Å². The number of hydrogen-bond donors (Lipinski definition) is 1. The van der Waals surface area contributed by atoms with Crippen LogP contribution in [0, 0.1) is 11.8 Å². The highest BCUT2D eigenvalue weighted by Crippen LogP contribution is 2.41. The fourth-order valence-electron chi connectivity index (χ4n) is 4.22. The summed E-state index contributed by atoms with van der Waals surface area (Å²) in [7, 11) is 0. The summed E-state index contributed by atoms with van der Waals surface area (Å²) in [6.07, 6.45) is 9.24. The first-order valence-electron chi connectivity index (χ1n) is 7.72. The Balaban J connectivity index is 1.77. The Morgan fingerprint density at radius 2 is 1.89 bits per heavy atom. The van der Waals surface area contributed by atoms with Crippen molar-refractivity contribution in [2.75, 3.05) is 6.54 Å². The molecule has 2 N–H and O–H groups in total. The van der Waals surface area contributed by atoms with Gasteiger partial charge in [0.25, 0.3) is 0 Å². The molecule has 102 valence electrons. The molecule has 2 aliphatic carbocycles. The molecule has 0 spiro atoms. The van der Waals surface area contributed by atoms with Gasteiger partial charge in [-0.25, -0.2) is 0 Å². The number of rotatable bonds is 1. The lowest BCUT2D eigenvalue weighted by Gasteiger charge is -2.51. The van der Waals surface area contributed by atoms with Crippen molar-refractivity contribution in [2.24, 2.45) is 17.6 Å². The SMILES string of the molecule is CC1CCN(C(=O)C2(N)CCC2)C2CCCCC12. The van der Waals surface area contributed by atoms with E-state index in [-0.39, 0.29) is 5.91 Å². The minimum absolute atomic E-state index is 0.262. The number of carbonyl (C=O) groups excluding carboxylic acids is 1. The van der Waals surface area contributed by atoms with Crippen LogP contribution in [0.15, 0.2) is 0 Å². The first-order chi connectivity index (χ1) is 8.62. The summed E-state index contributed by atoms with van der Waals surface area (Å²) >= 11 is 0. The lowest BCUT2D eigenvalue weighted by atomic mass is 9.70. The maximum atomic E-state index is 12.7. The fraction of sp³-hybridized carbons (Fsp3) is 0.933. The molecule has 3 atom stereocenters. The standard InChI is InChI=1S/C15H26N2O/c1-11-7-10-17(13-6-3-2-5-12(11)13)14(18)15(16)8-4-9-15/h11-13H,2-10,16H2,1H3. The van der Waals surface area contributed by atoms with Crippen molar-refractivity contribution in [1.29, 1.82) is 0 Å². The second kappa shape index (κ2) is 4.52. The Morgan fingerprint density at radius 3 is 2.56 bits per heavy atom. The molecule has 2 saturated carbocycles. The Bertz CT molecular complexity index is 337. The zero-order valence-corrected chi connectivity index (χ0v) is 11.5. The van der Waals surface area contributed by atoms with E-state index in [2.05, 4.69) is 11.8 Å². The lowest BCUT2D eigenvalue weighted by Crippen LogP contribution is -2.64. The molecule has 0 aromatic heterocycles. The van der Waals surface area contributed by atoms with Gasteiger partial charge in [-0.1, -0.05) is 19.8 Å². The number of amides is 1. The normalized spacial score (nSPS) is 38.8. The monoisotopic (exact) mass is 250 g/mol. The molecule has 0 radical (unpaired) electrons. The predicted molar refractivity (Wildman–Crippen MR) is 72.0 cm³/mol. The van der Waals surface area contributed by atoms with Crippen LogP contribution in [0.1, 0.15) is 58.3 Å². The van der Waals surface area contributed by atoms with E-state index in [4.69, 9.17) is 5.73 Å². The van der Waals surface area contributed by atoms with Crippen molar-refractivity contribution in [3.05, 3.63) is 0 Å². The van der Waals surface area contributed by atoms with E-state index in [9.17, 15) is 4.79 Å². The lowest BCUT2D eigenvalue weighted by molar-refractivity contribution is -0.148. The molecule has 18 heavy (non-hydrogen) atoms. The summed E-state index contributed by atoms with van der Waals surface area (Å²) in [5, 5.41) is 0. The third kappa shape index (κ3) is 1.87. The highest BCUT2D eigenvalue weighted by Gasteiger charge is 2.47. The fourth-order valence-corrected chi connectivity index (χ4v) is 4.22. The highest BCUT2D eigenvalue weighted by atomic mass is 16.2. The molecule has 1 amide bonds. The van der Waals surface area contributed by atoms with Crippen LogP contribution in [0.2, 0.25) is 0 Å². The number of nitrogens with two attached hydrogens (primary N) is 1. The maximum absolute atomic E-state index is 12.7. The molecule has 3 heteroatoms. The van der Waals surface area contributed by atoms with Gasteiger partial charge in [-0.05, 0) is 50.4 Å². The van der Waals surface area contributed by atoms with Crippen molar-refractivity contribution >= 4 is 5.91 Å². The van der Waals surface area contributed by atoms with Crippen LogP contribution < -0.4 is 5.73 Å². The molecular weight excluding hydrogens is 224 g/mol. The Hall–Kier alpha value is -0.570. The molecule has 3 fully saturated rings. The van der Waals surface area contributed by atoms with E-state index in [1.807, 2.05) is 0 Å². The first kappa shape index (κ1) is 12.5. The van der Waals surface area contributed by atoms with E-state index in [0.29, 0.717) is 6.04 Å². The number of fused-ring (bicyclic) bond motifs is 1. The molecule has 3 aliphatic rings. The largest absolute Gasteiger partial charge is 0.338 e.